The molecule has 0 radical (unpaired) electrons. The first kappa shape index (κ1) is 13.9. The summed E-state index contributed by atoms with van der Waals surface area (Å²) >= 11 is 0. The molecule has 0 bridgehead atoms. The van der Waals surface area contributed by atoms with E-state index in [0.717, 1.165) is 0 Å². The summed E-state index contributed by atoms with van der Waals surface area (Å²) in [6, 6.07) is 9.75. The molecule has 7 nitrogen and oxygen atoms in total. The van der Waals surface area contributed by atoms with Gasteiger partial charge in [-0.1, -0.05) is 6.07 Å². The summed E-state index contributed by atoms with van der Waals surface area (Å²) in [7, 11) is 1.31. The van der Waals surface area contributed by atoms with E-state index in [1.807, 2.05) is 0 Å². The molecule has 3 rings (SSSR count). The van der Waals surface area contributed by atoms with Crippen molar-refractivity contribution < 1.29 is 19.4 Å². The molecular formula is C15H13N3O4. The largest absolute Gasteiger partial charge is 0.508 e. The van der Waals surface area contributed by atoms with Crippen LogP contribution in [0.4, 0.5) is 0 Å². The number of methoxy groups -OCH3 is 1. The van der Waals surface area contributed by atoms with Gasteiger partial charge < -0.3 is 14.6 Å². The lowest BCUT2D eigenvalue weighted by atomic mass is 10.3. The topological polar surface area (TPSA) is 86.0 Å². The second-order valence-electron chi connectivity index (χ2n) is 4.50. The number of benzene rings is 1. The monoisotopic (exact) mass is 299 g/mol. The summed E-state index contributed by atoms with van der Waals surface area (Å²) in [5, 5.41) is 13.6. The van der Waals surface area contributed by atoms with Crippen molar-refractivity contribution in [1.82, 2.24) is 14.6 Å². The maximum atomic E-state index is 11.7. The second-order valence-corrected chi connectivity index (χ2v) is 4.50. The Hall–Kier alpha value is -3.09. The number of aromatic nitrogens is 3. The van der Waals surface area contributed by atoms with E-state index in [1.54, 1.807) is 36.5 Å². The molecule has 0 aliphatic rings. The highest BCUT2D eigenvalue weighted by Gasteiger charge is 2.14. The predicted molar refractivity (Wildman–Crippen MR) is 76.8 cm³/mol. The molecule has 0 atom stereocenters. The summed E-state index contributed by atoms with van der Waals surface area (Å²) < 4.78 is 11.7. The Labute approximate surface area is 125 Å². The van der Waals surface area contributed by atoms with Crippen molar-refractivity contribution in [1.29, 1.82) is 0 Å². The van der Waals surface area contributed by atoms with Crippen molar-refractivity contribution in [3.63, 3.8) is 0 Å². The predicted octanol–water partition coefficient (Wildman–Crippen LogP) is 1.80. The van der Waals surface area contributed by atoms with Gasteiger partial charge in [0.15, 0.2) is 11.5 Å². The average Bonchev–Trinajstić information content (AvgIpc) is 2.95. The maximum Gasteiger partial charge on any atom is 0.341 e. The van der Waals surface area contributed by atoms with Crippen LogP contribution in [0.5, 0.6) is 11.5 Å². The number of aromatic hydroxyl groups is 1. The lowest BCUT2D eigenvalue weighted by Gasteiger charge is -2.03. The zero-order chi connectivity index (χ0) is 15.5. The average molecular weight is 299 g/mol. The number of phenolic OH excluding ortho intramolecular Hbond substituents is 1. The number of phenols is 1. The van der Waals surface area contributed by atoms with E-state index in [4.69, 9.17) is 9.47 Å². The quantitative estimate of drug-likeness (QED) is 0.739. The van der Waals surface area contributed by atoms with Crippen LogP contribution in [0.1, 0.15) is 16.2 Å². The molecule has 0 aliphatic carbocycles. The zero-order valence-corrected chi connectivity index (χ0v) is 11.8. The van der Waals surface area contributed by atoms with Gasteiger partial charge in [-0.2, -0.15) is 0 Å². The number of carbonyl (C=O) groups excluding carboxylic acids is 1. The zero-order valence-electron chi connectivity index (χ0n) is 11.8. The van der Waals surface area contributed by atoms with E-state index in [9.17, 15) is 9.90 Å². The first-order chi connectivity index (χ1) is 10.7. The van der Waals surface area contributed by atoms with Crippen LogP contribution in [0.3, 0.4) is 0 Å². The van der Waals surface area contributed by atoms with Crippen LogP contribution < -0.4 is 4.74 Å². The number of pyridine rings is 1. The van der Waals surface area contributed by atoms with Crippen LogP contribution in [0.15, 0.2) is 42.6 Å². The number of hydrogen-bond donors (Lipinski definition) is 1. The molecule has 7 heteroatoms. The van der Waals surface area contributed by atoms with Crippen LogP contribution in [0, 0.1) is 0 Å². The lowest BCUT2D eigenvalue weighted by molar-refractivity contribution is 0.0602. The van der Waals surface area contributed by atoms with Gasteiger partial charge in [-0.05, 0) is 24.3 Å². The number of fused-ring (bicyclic) bond motifs is 1. The van der Waals surface area contributed by atoms with Crippen LogP contribution in [0.2, 0.25) is 0 Å². The Morgan fingerprint density at radius 3 is 2.95 bits per heavy atom. The van der Waals surface area contributed by atoms with Crippen molar-refractivity contribution >= 4 is 11.6 Å². The van der Waals surface area contributed by atoms with Crippen molar-refractivity contribution in [2.45, 2.75) is 6.61 Å². The van der Waals surface area contributed by atoms with E-state index in [2.05, 4.69) is 10.1 Å². The van der Waals surface area contributed by atoms with Gasteiger partial charge in [0.25, 0.3) is 0 Å². The molecule has 22 heavy (non-hydrogen) atoms. The van der Waals surface area contributed by atoms with E-state index in [1.165, 1.54) is 17.7 Å². The van der Waals surface area contributed by atoms with Gasteiger partial charge in [0.2, 0.25) is 0 Å². The molecule has 0 spiro atoms. The molecule has 0 fully saturated rings. The molecule has 0 saturated carbocycles. The minimum atomic E-state index is -0.474. The fourth-order valence-corrected chi connectivity index (χ4v) is 2.00. The van der Waals surface area contributed by atoms with Gasteiger partial charge in [-0.25, -0.2) is 14.3 Å². The van der Waals surface area contributed by atoms with Crippen molar-refractivity contribution in [3.05, 3.63) is 54.0 Å². The van der Waals surface area contributed by atoms with E-state index >= 15 is 0 Å². The number of ether oxygens (including phenoxy) is 2. The maximum absolute atomic E-state index is 11.7. The smallest absolute Gasteiger partial charge is 0.341 e. The van der Waals surface area contributed by atoms with Gasteiger partial charge in [0.05, 0.1) is 7.11 Å². The third-order valence-electron chi connectivity index (χ3n) is 3.00. The molecule has 2 aromatic heterocycles. The van der Waals surface area contributed by atoms with Crippen LogP contribution in [0.25, 0.3) is 5.65 Å². The van der Waals surface area contributed by atoms with Crippen LogP contribution >= 0.6 is 0 Å². The molecule has 3 aromatic rings. The van der Waals surface area contributed by atoms with Gasteiger partial charge >= 0.3 is 5.97 Å². The summed E-state index contributed by atoms with van der Waals surface area (Å²) in [4.78, 5) is 16.0. The normalized spacial score (nSPS) is 10.6. The van der Waals surface area contributed by atoms with E-state index < -0.39 is 5.97 Å². The standard InChI is InChI=1S/C15H13N3O4/c1-21-15(20)12-6-3-7-18-14(12)16-13(17-18)9-22-11-5-2-4-10(19)8-11/h2-8,19H,9H2,1H3. The minimum Gasteiger partial charge on any atom is -0.508 e. The number of rotatable bonds is 4. The molecule has 0 amide bonds. The Morgan fingerprint density at radius 2 is 2.18 bits per heavy atom. The van der Waals surface area contributed by atoms with Crippen molar-refractivity contribution in [3.8, 4) is 11.5 Å². The molecule has 0 saturated heterocycles. The van der Waals surface area contributed by atoms with Crippen molar-refractivity contribution in [2.24, 2.45) is 0 Å². The molecule has 1 aromatic carbocycles. The molecule has 2 heterocycles. The highest BCUT2D eigenvalue weighted by Crippen LogP contribution is 2.18. The first-order valence-corrected chi connectivity index (χ1v) is 6.52. The summed E-state index contributed by atoms with van der Waals surface area (Å²) in [6.07, 6.45) is 1.69. The van der Waals surface area contributed by atoms with E-state index in [0.29, 0.717) is 22.8 Å². The number of carbonyl (C=O) groups is 1. The second kappa shape index (κ2) is 5.72. The molecule has 112 valence electrons. The SMILES string of the molecule is COC(=O)c1cccn2nc(COc3cccc(O)c3)nc12. The highest BCUT2D eigenvalue weighted by molar-refractivity contribution is 5.95. The number of nitrogens with zero attached hydrogens (tertiary/aromatic N) is 3. The Bertz CT molecular complexity index is 829. The van der Waals surface area contributed by atoms with Crippen LogP contribution in [-0.4, -0.2) is 32.8 Å². The summed E-state index contributed by atoms with van der Waals surface area (Å²) in [6.45, 7) is 0.117. The molecule has 0 unspecified atom stereocenters. The Kier molecular flexibility index (Phi) is 3.61. The van der Waals surface area contributed by atoms with Gasteiger partial charge in [-0.15, -0.1) is 5.10 Å². The highest BCUT2D eigenvalue weighted by atomic mass is 16.5. The van der Waals surface area contributed by atoms with Gasteiger partial charge in [-0.3, -0.25) is 0 Å². The lowest BCUT2D eigenvalue weighted by Crippen LogP contribution is -2.04. The molecular weight excluding hydrogens is 286 g/mol. The Morgan fingerprint density at radius 1 is 1.32 bits per heavy atom. The van der Waals surface area contributed by atoms with Gasteiger partial charge in [0.1, 0.15) is 23.7 Å². The van der Waals surface area contributed by atoms with Gasteiger partial charge in [0, 0.05) is 12.3 Å². The van der Waals surface area contributed by atoms with Crippen LogP contribution in [-0.2, 0) is 11.3 Å². The first-order valence-electron chi connectivity index (χ1n) is 6.52. The Balaban J connectivity index is 1.85. The molecule has 0 aliphatic heterocycles. The number of hydrogen-bond acceptors (Lipinski definition) is 6. The number of esters is 1. The third kappa shape index (κ3) is 2.69. The summed E-state index contributed by atoms with van der Waals surface area (Å²) in [5.41, 5.74) is 0.741. The minimum absolute atomic E-state index is 0.117. The fourth-order valence-electron chi connectivity index (χ4n) is 2.00. The third-order valence-corrected chi connectivity index (χ3v) is 3.00. The summed E-state index contributed by atoms with van der Waals surface area (Å²) in [5.74, 6) is 0.568. The van der Waals surface area contributed by atoms with E-state index in [-0.39, 0.29) is 12.4 Å². The fraction of sp³-hybridized carbons (Fsp3) is 0.133. The molecule has 1 N–H and O–H groups in total. The van der Waals surface area contributed by atoms with Crippen molar-refractivity contribution in [2.75, 3.05) is 7.11 Å².